The second-order valence-corrected chi connectivity index (χ2v) is 7.76. The molecule has 1 aliphatic carbocycles. The summed E-state index contributed by atoms with van der Waals surface area (Å²) < 4.78 is 27.6. The maximum Gasteiger partial charge on any atom is 0.232 e. The van der Waals surface area contributed by atoms with Crippen LogP contribution in [0.25, 0.3) is 32.5 Å². The Morgan fingerprint density at radius 2 is 2.21 bits per heavy atom. The second-order valence-electron chi connectivity index (χ2n) is 6.78. The standard InChI is InChI=1S/C19H15F2N5OS/c1-2-8-12(21)6-15-10(7-22-26-15)16(8)13-3-4-14-18(23-13)28-19(24-14)25-17(27)9-5-11(9)20/h3-4,6-7,9,11H,2,5H2,1H3,(H,22,26)(H,24,25,27). The predicted octanol–water partition coefficient (Wildman–Crippen LogP) is 4.23. The number of aromatic nitrogens is 4. The molecule has 0 bridgehead atoms. The van der Waals surface area contributed by atoms with Gasteiger partial charge in [0.15, 0.2) is 5.13 Å². The number of nitrogens with zero attached hydrogens (tertiary/aromatic N) is 3. The molecule has 0 spiro atoms. The van der Waals surface area contributed by atoms with Gasteiger partial charge in [0, 0.05) is 10.9 Å². The monoisotopic (exact) mass is 399 g/mol. The largest absolute Gasteiger partial charge is 0.302 e. The molecule has 0 radical (unpaired) electrons. The van der Waals surface area contributed by atoms with Gasteiger partial charge < -0.3 is 5.32 Å². The van der Waals surface area contributed by atoms with Gasteiger partial charge in [-0.3, -0.25) is 9.89 Å². The minimum absolute atomic E-state index is 0.263. The SMILES string of the molecule is CCc1c(F)cc2[nH]ncc2c1-c1ccc2nc(NC(=O)C3CC3F)sc2n1. The molecule has 1 saturated carbocycles. The first-order valence-corrected chi connectivity index (χ1v) is 9.74. The van der Waals surface area contributed by atoms with Crippen LogP contribution in [0.3, 0.4) is 0 Å². The summed E-state index contributed by atoms with van der Waals surface area (Å²) in [6.07, 6.45) is 1.38. The highest BCUT2D eigenvalue weighted by Gasteiger charge is 2.43. The highest BCUT2D eigenvalue weighted by atomic mass is 32.1. The average molecular weight is 399 g/mol. The van der Waals surface area contributed by atoms with Gasteiger partial charge in [-0.25, -0.2) is 18.7 Å². The number of hydrogen-bond acceptors (Lipinski definition) is 5. The highest BCUT2D eigenvalue weighted by Crippen LogP contribution is 2.37. The third-order valence-electron chi connectivity index (χ3n) is 4.94. The van der Waals surface area contributed by atoms with Crippen LogP contribution in [0, 0.1) is 11.7 Å². The van der Waals surface area contributed by atoms with Crippen LogP contribution in [0.1, 0.15) is 18.9 Å². The topological polar surface area (TPSA) is 83.6 Å². The summed E-state index contributed by atoms with van der Waals surface area (Å²) in [6, 6.07) is 5.02. The summed E-state index contributed by atoms with van der Waals surface area (Å²) in [7, 11) is 0. The molecule has 142 valence electrons. The third kappa shape index (κ3) is 2.73. The summed E-state index contributed by atoms with van der Waals surface area (Å²) >= 11 is 1.21. The first-order chi connectivity index (χ1) is 13.5. The number of carbonyl (C=O) groups is 1. The van der Waals surface area contributed by atoms with E-state index in [-0.39, 0.29) is 18.1 Å². The van der Waals surface area contributed by atoms with Crippen LogP contribution < -0.4 is 5.32 Å². The number of pyridine rings is 1. The van der Waals surface area contributed by atoms with Crippen LogP contribution in [0.4, 0.5) is 13.9 Å². The molecule has 5 rings (SSSR count). The van der Waals surface area contributed by atoms with Gasteiger partial charge in [0.2, 0.25) is 5.91 Å². The number of nitrogens with one attached hydrogen (secondary N) is 2. The van der Waals surface area contributed by atoms with Crippen molar-refractivity contribution in [2.75, 3.05) is 5.32 Å². The summed E-state index contributed by atoms with van der Waals surface area (Å²) in [5.74, 6) is -1.24. The Morgan fingerprint density at radius 1 is 1.39 bits per heavy atom. The molecule has 0 saturated heterocycles. The normalized spacial score (nSPS) is 18.7. The average Bonchev–Trinajstić information content (AvgIpc) is 3.05. The molecule has 2 atom stereocenters. The van der Waals surface area contributed by atoms with Crippen molar-refractivity contribution in [3.63, 3.8) is 0 Å². The number of carbonyl (C=O) groups excluding carboxylic acids is 1. The third-order valence-corrected chi connectivity index (χ3v) is 5.82. The molecule has 1 amide bonds. The Hall–Kier alpha value is -2.94. The Labute approximate surface area is 162 Å². The van der Waals surface area contributed by atoms with E-state index in [1.807, 2.05) is 6.92 Å². The van der Waals surface area contributed by atoms with E-state index in [0.717, 1.165) is 5.39 Å². The Bertz CT molecular complexity index is 1230. The lowest BCUT2D eigenvalue weighted by Gasteiger charge is -2.10. The van der Waals surface area contributed by atoms with Crippen LogP contribution in [0.2, 0.25) is 0 Å². The number of benzene rings is 1. The smallest absolute Gasteiger partial charge is 0.232 e. The van der Waals surface area contributed by atoms with Crippen molar-refractivity contribution in [3.8, 4) is 11.3 Å². The molecule has 1 fully saturated rings. The molecule has 6 nitrogen and oxygen atoms in total. The summed E-state index contributed by atoms with van der Waals surface area (Å²) in [6.45, 7) is 1.89. The maximum absolute atomic E-state index is 14.6. The van der Waals surface area contributed by atoms with Crippen molar-refractivity contribution < 1.29 is 13.6 Å². The molecule has 28 heavy (non-hydrogen) atoms. The van der Waals surface area contributed by atoms with E-state index in [1.54, 1.807) is 18.3 Å². The minimum Gasteiger partial charge on any atom is -0.302 e. The number of aromatic amines is 1. The molecule has 9 heteroatoms. The first-order valence-electron chi connectivity index (χ1n) is 8.92. The van der Waals surface area contributed by atoms with Gasteiger partial charge in [-0.1, -0.05) is 18.3 Å². The van der Waals surface area contributed by atoms with E-state index >= 15 is 0 Å². The molecule has 2 unspecified atom stereocenters. The number of halogens is 2. The summed E-state index contributed by atoms with van der Waals surface area (Å²) in [4.78, 5) is 21.5. The van der Waals surface area contributed by atoms with Crippen LogP contribution in [0.5, 0.6) is 0 Å². The Balaban J connectivity index is 1.58. The van der Waals surface area contributed by atoms with Crippen molar-refractivity contribution in [3.05, 3.63) is 35.8 Å². The van der Waals surface area contributed by atoms with Gasteiger partial charge in [0.05, 0.1) is 23.3 Å². The number of alkyl halides is 1. The van der Waals surface area contributed by atoms with Crippen molar-refractivity contribution >= 4 is 43.6 Å². The number of H-pyrrole nitrogens is 1. The van der Waals surface area contributed by atoms with Gasteiger partial charge in [-0.05, 0) is 36.6 Å². The van der Waals surface area contributed by atoms with Gasteiger partial charge in [0.1, 0.15) is 22.3 Å². The van der Waals surface area contributed by atoms with E-state index in [4.69, 9.17) is 0 Å². The summed E-state index contributed by atoms with van der Waals surface area (Å²) in [5.41, 5.74) is 3.11. The number of fused-ring (bicyclic) bond motifs is 2. The quantitative estimate of drug-likeness (QED) is 0.538. The Kier molecular flexibility index (Phi) is 3.87. The summed E-state index contributed by atoms with van der Waals surface area (Å²) in [5, 5.41) is 10.7. The fraction of sp³-hybridized carbons (Fsp3) is 0.263. The molecule has 3 heterocycles. The van der Waals surface area contributed by atoms with E-state index in [2.05, 4.69) is 25.5 Å². The van der Waals surface area contributed by atoms with Crippen LogP contribution in [-0.4, -0.2) is 32.2 Å². The molecule has 0 aliphatic heterocycles. The zero-order valence-corrected chi connectivity index (χ0v) is 15.6. The number of amides is 1. The van der Waals surface area contributed by atoms with Gasteiger partial charge in [0.25, 0.3) is 0 Å². The zero-order chi connectivity index (χ0) is 19.4. The lowest BCUT2D eigenvalue weighted by molar-refractivity contribution is -0.117. The molecule has 1 aliphatic rings. The molecule has 4 aromatic rings. The van der Waals surface area contributed by atoms with Crippen molar-refractivity contribution in [2.45, 2.75) is 25.9 Å². The molecule has 1 aromatic carbocycles. The lowest BCUT2D eigenvalue weighted by Crippen LogP contribution is -2.14. The van der Waals surface area contributed by atoms with Gasteiger partial charge in [-0.2, -0.15) is 5.10 Å². The van der Waals surface area contributed by atoms with E-state index in [0.29, 0.717) is 44.2 Å². The van der Waals surface area contributed by atoms with Crippen molar-refractivity contribution in [1.82, 2.24) is 20.2 Å². The van der Waals surface area contributed by atoms with E-state index in [9.17, 15) is 13.6 Å². The molecule has 2 N–H and O–H groups in total. The number of rotatable bonds is 4. The number of thiazole rings is 1. The fourth-order valence-electron chi connectivity index (χ4n) is 3.38. The van der Waals surface area contributed by atoms with E-state index < -0.39 is 12.1 Å². The van der Waals surface area contributed by atoms with Crippen LogP contribution in [-0.2, 0) is 11.2 Å². The number of anilines is 1. The minimum atomic E-state index is -1.06. The fourth-order valence-corrected chi connectivity index (χ4v) is 4.22. The van der Waals surface area contributed by atoms with Crippen molar-refractivity contribution in [1.29, 1.82) is 0 Å². The lowest BCUT2D eigenvalue weighted by atomic mass is 9.97. The van der Waals surface area contributed by atoms with Crippen LogP contribution >= 0.6 is 11.3 Å². The van der Waals surface area contributed by atoms with Crippen LogP contribution in [0.15, 0.2) is 24.4 Å². The van der Waals surface area contributed by atoms with Gasteiger partial charge in [-0.15, -0.1) is 0 Å². The Morgan fingerprint density at radius 3 is 2.96 bits per heavy atom. The predicted molar refractivity (Wildman–Crippen MR) is 103 cm³/mol. The van der Waals surface area contributed by atoms with E-state index in [1.165, 1.54) is 17.4 Å². The maximum atomic E-state index is 14.6. The van der Waals surface area contributed by atoms with Crippen molar-refractivity contribution in [2.24, 2.45) is 5.92 Å². The van der Waals surface area contributed by atoms with Gasteiger partial charge >= 0.3 is 0 Å². The second kappa shape index (κ2) is 6.30. The zero-order valence-electron chi connectivity index (χ0n) is 14.8. The molecular formula is C19H15F2N5OS. The highest BCUT2D eigenvalue weighted by molar-refractivity contribution is 7.22. The molecule has 3 aromatic heterocycles. The first kappa shape index (κ1) is 17.2. The number of hydrogen-bond donors (Lipinski definition) is 2. The molecular weight excluding hydrogens is 384 g/mol.